The van der Waals surface area contributed by atoms with E-state index in [9.17, 15) is 0 Å². The van der Waals surface area contributed by atoms with Crippen molar-refractivity contribution in [2.75, 3.05) is 27.4 Å². The van der Waals surface area contributed by atoms with Crippen LogP contribution in [0.1, 0.15) is 30.2 Å². The average Bonchev–Trinajstić information content (AvgIpc) is 2.94. The van der Waals surface area contributed by atoms with E-state index < -0.39 is 0 Å². The summed E-state index contributed by atoms with van der Waals surface area (Å²) in [7, 11) is 3.74. The van der Waals surface area contributed by atoms with Crippen LogP contribution >= 0.6 is 0 Å². The predicted octanol–water partition coefficient (Wildman–Crippen LogP) is 3.20. The molecular weight excluding hydrogens is 266 g/mol. The Labute approximate surface area is 125 Å². The van der Waals surface area contributed by atoms with Gasteiger partial charge < -0.3 is 19.2 Å². The van der Waals surface area contributed by atoms with Crippen LogP contribution in [0.15, 0.2) is 28.7 Å². The third kappa shape index (κ3) is 2.48. The summed E-state index contributed by atoms with van der Waals surface area (Å²) in [5.74, 6) is 0.936. The molecule has 0 spiro atoms. The first-order valence-electron chi connectivity index (χ1n) is 7.49. The third-order valence-electron chi connectivity index (χ3n) is 4.60. The molecule has 1 atom stereocenters. The van der Waals surface area contributed by atoms with Crippen molar-refractivity contribution in [2.45, 2.75) is 31.4 Å². The van der Waals surface area contributed by atoms with Crippen LogP contribution in [0.5, 0.6) is 0 Å². The van der Waals surface area contributed by atoms with Gasteiger partial charge in [-0.3, -0.25) is 0 Å². The van der Waals surface area contributed by atoms with Gasteiger partial charge in [-0.2, -0.15) is 0 Å². The molecule has 0 saturated carbocycles. The Kier molecular flexibility index (Phi) is 4.02. The summed E-state index contributed by atoms with van der Waals surface area (Å²) < 4.78 is 17.6. The van der Waals surface area contributed by atoms with Crippen molar-refractivity contribution in [1.29, 1.82) is 0 Å². The van der Waals surface area contributed by atoms with Gasteiger partial charge >= 0.3 is 0 Å². The quantitative estimate of drug-likeness (QED) is 0.938. The first-order chi connectivity index (χ1) is 10.2. The standard InChI is InChI=1S/C17H23NO3/c1-12-5-4-6-13-11-14(21-15(12)13)16(18-2)17(19-3)7-9-20-10-8-17/h4-6,11,16,18H,7-10H2,1-3H3. The van der Waals surface area contributed by atoms with Crippen molar-refractivity contribution in [1.82, 2.24) is 5.32 Å². The Bertz CT molecular complexity index is 614. The Morgan fingerprint density at radius 1 is 1.29 bits per heavy atom. The van der Waals surface area contributed by atoms with Crippen molar-refractivity contribution in [3.63, 3.8) is 0 Å². The summed E-state index contributed by atoms with van der Waals surface area (Å²) in [5, 5.41) is 4.53. The molecular formula is C17H23NO3. The maximum Gasteiger partial charge on any atom is 0.137 e. The molecule has 1 aromatic heterocycles. The summed E-state index contributed by atoms with van der Waals surface area (Å²) in [4.78, 5) is 0. The average molecular weight is 289 g/mol. The number of benzene rings is 1. The number of para-hydroxylation sites is 1. The minimum absolute atomic E-state index is 0.0261. The number of ether oxygens (including phenoxy) is 2. The zero-order chi connectivity index (χ0) is 14.9. The summed E-state index contributed by atoms with van der Waals surface area (Å²) >= 11 is 0. The maximum absolute atomic E-state index is 6.15. The number of rotatable bonds is 4. The fourth-order valence-corrected chi connectivity index (χ4v) is 3.36. The fraction of sp³-hybridized carbons (Fsp3) is 0.529. The van der Waals surface area contributed by atoms with Gasteiger partial charge in [0.15, 0.2) is 0 Å². The maximum atomic E-state index is 6.15. The van der Waals surface area contributed by atoms with Crippen LogP contribution < -0.4 is 5.32 Å². The molecule has 1 aromatic carbocycles. The molecule has 1 unspecified atom stereocenters. The topological polar surface area (TPSA) is 43.6 Å². The Balaban J connectivity index is 2.02. The smallest absolute Gasteiger partial charge is 0.137 e. The minimum Gasteiger partial charge on any atom is -0.459 e. The van der Waals surface area contributed by atoms with Crippen LogP contribution in [0, 0.1) is 6.92 Å². The van der Waals surface area contributed by atoms with Gasteiger partial charge in [-0.05, 0) is 25.6 Å². The first-order valence-corrected chi connectivity index (χ1v) is 7.49. The van der Waals surface area contributed by atoms with Gasteiger partial charge in [-0.25, -0.2) is 0 Å². The highest BCUT2D eigenvalue weighted by atomic mass is 16.5. The molecule has 2 heterocycles. The highest BCUT2D eigenvalue weighted by Gasteiger charge is 2.42. The lowest BCUT2D eigenvalue weighted by Crippen LogP contribution is -2.48. The van der Waals surface area contributed by atoms with Crippen LogP contribution in [0.4, 0.5) is 0 Å². The van der Waals surface area contributed by atoms with Crippen molar-refractivity contribution in [3.8, 4) is 0 Å². The van der Waals surface area contributed by atoms with Crippen LogP contribution in [0.25, 0.3) is 11.0 Å². The number of hydrogen-bond donors (Lipinski definition) is 1. The van der Waals surface area contributed by atoms with Gasteiger partial charge in [-0.1, -0.05) is 18.2 Å². The molecule has 1 N–H and O–H groups in total. The second kappa shape index (κ2) is 5.79. The molecule has 1 aliphatic rings. The fourth-order valence-electron chi connectivity index (χ4n) is 3.36. The van der Waals surface area contributed by atoms with Gasteiger partial charge in [0.2, 0.25) is 0 Å². The first kappa shape index (κ1) is 14.6. The van der Waals surface area contributed by atoms with Crippen molar-refractivity contribution in [2.24, 2.45) is 0 Å². The van der Waals surface area contributed by atoms with Crippen molar-refractivity contribution >= 4 is 11.0 Å². The van der Waals surface area contributed by atoms with Crippen molar-refractivity contribution < 1.29 is 13.9 Å². The number of likely N-dealkylation sites (N-methyl/N-ethyl adjacent to an activating group) is 1. The number of nitrogens with one attached hydrogen (secondary N) is 1. The van der Waals surface area contributed by atoms with Gasteiger partial charge in [0, 0.05) is 38.6 Å². The van der Waals surface area contributed by atoms with Gasteiger partial charge in [0.1, 0.15) is 11.3 Å². The number of furan rings is 1. The molecule has 0 aliphatic carbocycles. The second-order valence-electron chi connectivity index (χ2n) is 5.74. The number of methoxy groups -OCH3 is 1. The second-order valence-corrected chi connectivity index (χ2v) is 5.74. The largest absolute Gasteiger partial charge is 0.459 e. The highest BCUT2D eigenvalue weighted by molar-refractivity contribution is 5.81. The number of hydrogen-bond acceptors (Lipinski definition) is 4. The molecule has 1 fully saturated rings. The molecule has 0 radical (unpaired) electrons. The molecule has 1 aliphatic heterocycles. The van der Waals surface area contributed by atoms with E-state index in [2.05, 4.69) is 36.5 Å². The summed E-state index contributed by atoms with van der Waals surface area (Å²) in [6.07, 6.45) is 1.73. The van der Waals surface area contributed by atoms with E-state index >= 15 is 0 Å². The monoisotopic (exact) mass is 289 g/mol. The van der Waals surface area contributed by atoms with Crippen LogP contribution in [0.3, 0.4) is 0 Å². The van der Waals surface area contributed by atoms with Gasteiger partial charge in [-0.15, -0.1) is 0 Å². The van der Waals surface area contributed by atoms with E-state index in [4.69, 9.17) is 13.9 Å². The summed E-state index contributed by atoms with van der Waals surface area (Å²) in [5.41, 5.74) is 1.85. The SMILES string of the molecule is CNC(c1cc2cccc(C)c2o1)C1(OC)CCOCC1. The molecule has 3 rings (SSSR count). The minimum atomic E-state index is -0.269. The molecule has 0 amide bonds. The Hall–Kier alpha value is -1.36. The lowest BCUT2D eigenvalue weighted by molar-refractivity contribution is -0.113. The van der Waals surface area contributed by atoms with Crippen LogP contribution in [-0.4, -0.2) is 33.0 Å². The van der Waals surface area contributed by atoms with Gasteiger partial charge in [0.05, 0.1) is 11.6 Å². The molecule has 4 nitrogen and oxygen atoms in total. The normalized spacial score (nSPS) is 19.8. The van der Waals surface area contributed by atoms with E-state index in [1.807, 2.05) is 7.05 Å². The Morgan fingerprint density at radius 2 is 2.05 bits per heavy atom. The molecule has 1 saturated heterocycles. The summed E-state index contributed by atoms with van der Waals surface area (Å²) in [6.45, 7) is 3.53. The van der Waals surface area contributed by atoms with E-state index in [1.165, 1.54) is 0 Å². The molecule has 2 aromatic rings. The zero-order valence-electron chi connectivity index (χ0n) is 12.9. The van der Waals surface area contributed by atoms with E-state index in [-0.39, 0.29) is 11.6 Å². The molecule has 114 valence electrons. The summed E-state index contributed by atoms with van der Waals surface area (Å²) in [6, 6.07) is 8.37. The zero-order valence-corrected chi connectivity index (χ0v) is 12.9. The van der Waals surface area contributed by atoms with Crippen LogP contribution in [0.2, 0.25) is 0 Å². The van der Waals surface area contributed by atoms with E-state index in [0.29, 0.717) is 0 Å². The third-order valence-corrected chi connectivity index (χ3v) is 4.60. The highest BCUT2D eigenvalue weighted by Crippen LogP contribution is 2.39. The van der Waals surface area contributed by atoms with E-state index in [1.54, 1.807) is 7.11 Å². The lowest BCUT2D eigenvalue weighted by atomic mass is 9.84. The number of fused-ring (bicyclic) bond motifs is 1. The van der Waals surface area contributed by atoms with E-state index in [0.717, 1.165) is 48.3 Å². The van der Waals surface area contributed by atoms with Crippen molar-refractivity contribution in [3.05, 3.63) is 35.6 Å². The van der Waals surface area contributed by atoms with Crippen LogP contribution in [-0.2, 0) is 9.47 Å². The Morgan fingerprint density at radius 3 is 2.67 bits per heavy atom. The predicted molar refractivity (Wildman–Crippen MR) is 82.5 cm³/mol. The molecule has 21 heavy (non-hydrogen) atoms. The lowest BCUT2D eigenvalue weighted by Gasteiger charge is -2.41. The molecule has 4 heteroatoms. The number of aryl methyl sites for hydroxylation is 1. The van der Waals surface area contributed by atoms with Gasteiger partial charge in [0.25, 0.3) is 0 Å². The molecule has 0 bridgehead atoms.